The van der Waals surface area contributed by atoms with Crippen LogP contribution in [0.4, 0.5) is 0 Å². The molecular formula is C12H14N2O4. The van der Waals surface area contributed by atoms with Crippen LogP contribution in [0.2, 0.25) is 0 Å². The van der Waals surface area contributed by atoms with E-state index in [0.717, 1.165) is 12.8 Å². The van der Waals surface area contributed by atoms with Gasteiger partial charge < -0.3 is 9.15 Å². The molecule has 0 aromatic carbocycles. The highest BCUT2D eigenvalue weighted by Gasteiger charge is 2.13. The quantitative estimate of drug-likeness (QED) is 0.591. The van der Waals surface area contributed by atoms with E-state index >= 15 is 0 Å². The van der Waals surface area contributed by atoms with Crippen molar-refractivity contribution in [2.45, 2.75) is 26.3 Å². The van der Waals surface area contributed by atoms with E-state index < -0.39 is 11.7 Å². The minimum atomic E-state index is -0.601. The Kier molecular flexibility index (Phi) is 3.76. The van der Waals surface area contributed by atoms with Crippen LogP contribution in [0, 0.1) is 0 Å². The molecule has 0 aliphatic carbocycles. The smallest absolute Gasteiger partial charge is 0.421 e. The number of carbonyl (C=O) groups excluding carboxylic acids is 1. The maximum absolute atomic E-state index is 11.6. The summed E-state index contributed by atoms with van der Waals surface area (Å²) in [6.45, 7) is 2.20. The van der Waals surface area contributed by atoms with Crippen molar-refractivity contribution in [2.75, 3.05) is 6.61 Å². The number of nitrogens with zero attached hydrogens (tertiary/aromatic N) is 2. The fourth-order valence-corrected chi connectivity index (χ4v) is 1.54. The number of unbranched alkanes of at least 4 members (excludes halogenated alkanes) is 1. The lowest BCUT2D eigenvalue weighted by Crippen LogP contribution is -2.22. The lowest BCUT2D eigenvalue weighted by Gasteiger charge is -2.03. The first-order valence-electron chi connectivity index (χ1n) is 5.82. The van der Waals surface area contributed by atoms with E-state index in [9.17, 15) is 9.59 Å². The average Bonchev–Trinajstić information content (AvgIpc) is 2.67. The van der Waals surface area contributed by atoms with Gasteiger partial charge in [-0.3, -0.25) is 4.79 Å². The van der Waals surface area contributed by atoms with Crippen molar-refractivity contribution >= 4 is 17.2 Å². The summed E-state index contributed by atoms with van der Waals surface area (Å²) in [6, 6.07) is 3.29. The van der Waals surface area contributed by atoms with Gasteiger partial charge in [-0.25, -0.2) is 14.3 Å². The van der Waals surface area contributed by atoms with E-state index in [4.69, 9.17) is 9.15 Å². The van der Waals surface area contributed by atoms with Crippen molar-refractivity contribution < 1.29 is 13.9 Å². The first-order chi connectivity index (χ1) is 8.72. The summed E-state index contributed by atoms with van der Waals surface area (Å²) in [5.74, 6) is -1.06. The molecule has 18 heavy (non-hydrogen) atoms. The number of rotatable bonds is 5. The topological polar surface area (TPSA) is 74.3 Å². The van der Waals surface area contributed by atoms with Gasteiger partial charge in [0.25, 0.3) is 0 Å². The number of hydrogen-bond donors (Lipinski definition) is 0. The van der Waals surface area contributed by atoms with Gasteiger partial charge in [-0.15, -0.1) is 0 Å². The maximum atomic E-state index is 11.6. The molecule has 0 N–H and O–H groups in total. The molecule has 6 nitrogen and oxygen atoms in total. The molecule has 0 atom stereocenters. The largest absolute Gasteiger partial charge is 0.464 e. The standard InChI is InChI=1S/C12H14N2O4/c1-2-3-7-17-10(15)8-14-11-9(18-12(14)16)5-4-6-13-11/h4-6H,2-3,7-8H2,1H3. The molecule has 0 amide bonds. The molecule has 0 saturated carbocycles. The fourth-order valence-electron chi connectivity index (χ4n) is 1.54. The monoisotopic (exact) mass is 250 g/mol. The third kappa shape index (κ3) is 2.58. The first kappa shape index (κ1) is 12.3. The molecule has 2 heterocycles. The molecule has 2 rings (SSSR count). The molecule has 2 aromatic rings. The Morgan fingerprint density at radius 3 is 3.17 bits per heavy atom. The minimum absolute atomic E-state index is 0.174. The molecule has 0 saturated heterocycles. The van der Waals surface area contributed by atoms with E-state index in [0.29, 0.717) is 17.8 Å². The number of ether oxygens (including phenoxy) is 1. The van der Waals surface area contributed by atoms with Crippen LogP contribution in [0.3, 0.4) is 0 Å². The van der Waals surface area contributed by atoms with Gasteiger partial charge in [0.2, 0.25) is 0 Å². The number of pyridine rings is 1. The van der Waals surface area contributed by atoms with Gasteiger partial charge in [0.15, 0.2) is 11.2 Å². The fraction of sp³-hybridized carbons (Fsp3) is 0.417. The number of esters is 1. The van der Waals surface area contributed by atoms with E-state index in [1.165, 1.54) is 10.8 Å². The van der Waals surface area contributed by atoms with Gasteiger partial charge in [-0.05, 0) is 18.6 Å². The number of carbonyl (C=O) groups is 1. The second-order valence-corrected chi connectivity index (χ2v) is 3.85. The van der Waals surface area contributed by atoms with E-state index in [1.807, 2.05) is 6.92 Å². The number of hydrogen-bond acceptors (Lipinski definition) is 5. The molecule has 0 aliphatic rings. The molecule has 96 valence electrons. The molecule has 2 aromatic heterocycles. The second-order valence-electron chi connectivity index (χ2n) is 3.85. The van der Waals surface area contributed by atoms with Crippen LogP contribution < -0.4 is 5.76 Å². The zero-order valence-electron chi connectivity index (χ0n) is 10.1. The van der Waals surface area contributed by atoms with Crippen molar-refractivity contribution in [1.82, 2.24) is 9.55 Å². The van der Waals surface area contributed by atoms with Crippen LogP contribution in [0.5, 0.6) is 0 Å². The van der Waals surface area contributed by atoms with Gasteiger partial charge >= 0.3 is 11.7 Å². The number of fused-ring (bicyclic) bond motifs is 1. The van der Waals surface area contributed by atoms with Gasteiger partial charge in [0.05, 0.1) is 6.61 Å². The van der Waals surface area contributed by atoms with Gasteiger partial charge in [-0.1, -0.05) is 13.3 Å². The molecule has 0 unspecified atom stereocenters. The molecule has 0 aliphatic heterocycles. The second kappa shape index (κ2) is 5.48. The Morgan fingerprint density at radius 1 is 1.56 bits per heavy atom. The Labute approximate surface area is 103 Å². The molecule has 0 radical (unpaired) electrons. The third-order valence-electron chi connectivity index (χ3n) is 2.47. The zero-order valence-corrected chi connectivity index (χ0v) is 10.1. The predicted octanol–water partition coefficient (Wildman–Crippen LogP) is 1.33. The summed E-state index contributed by atoms with van der Waals surface area (Å²) >= 11 is 0. The highest BCUT2D eigenvalue weighted by molar-refractivity contribution is 5.73. The van der Waals surface area contributed by atoms with Crippen molar-refractivity contribution in [1.29, 1.82) is 0 Å². The van der Waals surface area contributed by atoms with Crippen molar-refractivity contribution in [3.05, 3.63) is 28.9 Å². The predicted molar refractivity (Wildman–Crippen MR) is 64.1 cm³/mol. The Balaban J connectivity index is 2.14. The molecular weight excluding hydrogens is 236 g/mol. The lowest BCUT2D eigenvalue weighted by atomic mass is 10.4. The average molecular weight is 250 g/mol. The zero-order chi connectivity index (χ0) is 13.0. The summed E-state index contributed by atoms with van der Waals surface area (Å²) in [5, 5.41) is 0. The summed E-state index contributed by atoms with van der Waals surface area (Å²) in [5.41, 5.74) is 0.721. The van der Waals surface area contributed by atoms with Crippen molar-refractivity contribution in [3.63, 3.8) is 0 Å². The lowest BCUT2D eigenvalue weighted by molar-refractivity contribution is -0.144. The van der Waals surface area contributed by atoms with Crippen LogP contribution in [-0.4, -0.2) is 22.1 Å². The van der Waals surface area contributed by atoms with Gasteiger partial charge in [0.1, 0.15) is 6.54 Å². The van der Waals surface area contributed by atoms with E-state index in [2.05, 4.69) is 4.98 Å². The highest BCUT2D eigenvalue weighted by atomic mass is 16.5. The summed E-state index contributed by atoms with van der Waals surface area (Å²) in [7, 11) is 0. The van der Waals surface area contributed by atoms with Crippen LogP contribution in [0.1, 0.15) is 19.8 Å². The summed E-state index contributed by atoms with van der Waals surface area (Å²) in [6.07, 6.45) is 3.30. The van der Waals surface area contributed by atoms with Crippen LogP contribution in [0.15, 0.2) is 27.5 Å². The molecule has 0 bridgehead atoms. The molecule has 6 heteroatoms. The normalized spacial score (nSPS) is 10.7. The van der Waals surface area contributed by atoms with Crippen LogP contribution in [-0.2, 0) is 16.1 Å². The van der Waals surface area contributed by atoms with Crippen LogP contribution in [0.25, 0.3) is 11.2 Å². The Bertz CT molecular complexity index is 599. The highest BCUT2D eigenvalue weighted by Crippen LogP contribution is 2.08. The number of oxazole rings is 1. The number of aromatic nitrogens is 2. The Hall–Kier alpha value is -2.11. The summed E-state index contributed by atoms with van der Waals surface area (Å²) in [4.78, 5) is 27.1. The Morgan fingerprint density at radius 2 is 2.39 bits per heavy atom. The van der Waals surface area contributed by atoms with Crippen molar-refractivity contribution in [2.24, 2.45) is 0 Å². The first-order valence-corrected chi connectivity index (χ1v) is 5.82. The van der Waals surface area contributed by atoms with E-state index in [-0.39, 0.29) is 6.54 Å². The molecule has 0 spiro atoms. The van der Waals surface area contributed by atoms with Gasteiger partial charge in [-0.2, -0.15) is 0 Å². The van der Waals surface area contributed by atoms with E-state index in [1.54, 1.807) is 12.1 Å². The van der Waals surface area contributed by atoms with Crippen molar-refractivity contribution in [3.8, 4) is 0 Å². The van der Waals surface area contributed by atoms with Crippen LogP contribution >= 0.6 is 0 Å². The summed E-state index contributed by atoms with van der Waals surface area (Å²) < 4.78 is 11.1. The third-order valence-corrected chi connectivity index (χ3v) is 2.47. The molecule has 0 fully saturated rings. The minimum Gasteiger partial charge on any atom is -0.464 e. The van der Waals surface area contributed by atoms with Gasteiger partial charge in [0, 0.05) is 6.20 Å². The maximum Gasteiger partial charge on any atom is 0.421 e. The SMILES string of the molecule is CCCCOC(=O)Cn1c(=O)oc2cccnc21.